The second-order valence-electron chi connectivity index (χ2n) is 8.73. The first-order valence-corrected chi connectivity index (χ1v) is 12.1. The lowest BCUT2D eigenvalue weighted by Crippen LogP contribution is -2.37. The van der Waals surface area contributed by atoms with E-state index in [1.807, 2.05) is 11.0 Å². The van der Waals surface area contributed by atoms with Gasteiger partial charge >= 0.3 is 12.1 Å². The van der Waals surface area contributed by atoms with Gasteiger partial charge < -0.3 is 25.4 Å². The minimum absolute atomic E-state index is 0.0887. The third-order valence-corrected chi connectivity index (χ3v) is 5.86. The summed E-state index contributed by atoms with van der Waals surface area (Å²) in [6.45, 7) is 0.805. The molecule has 0 saturated carbocycles. The largest absolute Gasteiger partial charge is 0.480 e. The molecule has 0 saturated heterocycles. The molecule has 0 fully saturated rings. The van der Waals surface area contributed by atoms with Crippen molar-refractivity contribution in [3.8, 4) is 0 Å². The number of aryl methyl sites for hydroxylation is 2. The Kier molecular flexibility index (Phi) is 10.7. The third-order valence-electron chi connectivity index (χ3n) is 5.86. The highest BCUT2D eigenvalue weighted by molar-refractivity contribution is 5.76. The standard InChI is InChI=1S/C24H33F3N6O3/c25-24(26,27)16-36-15-14-33(13-9-20(23(34)35)32-21-8-11-28-17-30-21)12-2-1-5-19-7-6-18-4-3-10-29-22(18)31-19/h6-8,11,17,20H,1-5,9-10,12-16H2,(H,29,31)(H,34,35)(H,28,30,32). The van der Waals surface area contributed by atoms with Crippen molar-refractivity contribution in [3.63, 3.8) is 0 Å². The lowest BCUT2D eigenvalue weighted by molar-refractivity contribution is -0.174. The summed E-state index contributed by atoms with van der Waals surface area (Å²) in [6, 6.07) is 4.84. The molecule has 1 atom stereocenters. The number of halogens is 3. The number of alkyl halides is 3. The monoisotopic (exact) mass is 510 g/mol. The van der Waals surface area contributed by atoms with Crippen LogP contribution in [0.2, 0.25) is 0 Å². The predicted molar refractivity (Wildman–Crippen MR) is 129 cm³/mol. The van der Waals surface area contributed by atoms with E-state index in [0.717, 1.165) is 50.2 Å². The first kappa shape index (κ1) is 27.6. The summed E-state index contributed by atoms with van der Waals surface area (Å²) in [7, 11) is 0. The van der Waals surface area contributed by atoms with Crippen LogP contribution in [0, 0.1) is 0 Å². The van der Waals surface area contributed by atoms with Crippen molar-refractivity contribution in [1.82, 2.24) is 19.9 Å². The van der Waals surface area contributed by atoms with Gasteiger partial charge in [-0.3, -0.25) is 0 Å². The average Bonchev–Trinajstić information content (AvgIpc) is 2.86. The Morgan fingerprint density at radius 3 is 2.83 bits per heavy atom. The lowest BCUT2D eigenvalue weighted by atomic mass is 10.1. The third kappa shape index (κ3) is 9.94. The second-order valence-corrected chi connectivity index (χ2v) is 8.73. The SMILES string of the molecule is O=C(O)C(CCN(CCCCc1ccc2c(n1)NCCC2)CCOCC(F)(F)F)Nc1ccncn1. The van der Waals surface area contributed by atoms with Gasteiger partial charge in [0.15, 0.2) is 0 Å². The van der Waals surface area contributed by atoms with Crippen LogP contribution in [0.1, 0.15) is 36.9 Å². The van der Waals surface area contributed by atoms with Gasteiger partial charge in [-0.15, -0.1) is 0 Å². The van der Waals surface area contributed by atoms with E-state index in [9.17, 15) is 23.1 Å². The first-order valence-electron chi connectivity index (χ1n) is 12.1. The number of hydrogen-bond donors (Lipinski definition) is 3. The molecule has 2 aromatic heterocycles. The van der Waals surface area contributed by atoms with Crippen molar-refractivity contribution in [2.24, 2.45) is 0 Å². The zero-order valence-electron chi connectivity index (χ0n) is 20.1. The molecule has 0 aromatic carbocycles. The number of nitrogens with one attached hydrogen (secondary N) is 2. The summed E-state index contributed by atoms with van der Waals surface area (Å²) in [6.07, 6.45) is 3.27. The summed E-state index contributed by atoms with van der Waals surface area (Å²) in [5.74, 6) is 0.316. The number of fused-ring (bicyclic) bond motifs is 1. The number of carboxylic acids is 1. The van der Waals surface area contributed by atoms with E-state index < -0.39 is 24.8 Å². The van der Waals surface area contributed by atoms with Gasteiger partial charge in [-0.25, -0.2) is 19.7 Å². The van der Waals surface area contributed by atoms with Gasteiger partial charge in [-0.1, -0.05) is 6.07 Å². The quantitative estimate of drug-likeness (QED) is 0.310. The van der Waals surface area contributed by atoms with E-state index in [2.05, 4.69) is 26.7 Å². The molecular weight excluding hydrogens is 477 g/mol. The Morgan fingerprint density at radius 2 is 2.08 bits per heavy atom. The van der Waals surface area contributed by atoms with E-state index in [1.54, 1.807) is 6.07 Å². The maximum absolute atomic E-state index is 12.4. The number of aromatic nitrogens is 3. The maximum Gasteiger partial charge on any atom is 0.411 e. The van der Waals surface area contributed by atoms with Gasteiger partial charge in [-0.05, 0) is 62.8 Å². The van der Waals surface area contributed by atoms with Gasteiger partial charge in [0.1, 0.15) is 30.6 Å². The molecule has 3 N–H and O–H groups in total. The molecule has 0 radical (unpaired) electrons. The van der Waals surface area contributed by atoms with Gasteiger partial charge in [0.2, 0.25) is 0 Å². The minimum Gasteiger partial charge on any atom is -0.480 e. The number of hydrogen-bond acceptors (Lipinski definition) is 8. The molecule has 3 rings (SSSR count). The summed E-state index contributed by atoms with van der Waals surface area (Å²) < 4.78 is 42.0. The van der Waals surface area contributed by atoms with E-state index >= 15 is 0 Å². The topological polar surface area (TPSA) is 112 Å². The van der Waals surface area contributed by atoms with E-state index in [4.69, 9.17) is 9.72 Å². The summed E-state index contributed by atoms with van der Waals surface area (Å²) >= 11 is 0. The maximum atomic E-state index is 12.4. The van der Waals surface area contributed by atoms with Crippen molar-refractivity contribution in [2.45, 2.75) is 50.7 Å². The Labute approximate surface area is 208 Å². The van der Waals surface area contributed by atoms with Gasteiger partial charge in [-0.2, -0.15) is 13.2 Å². The van der Waals surface area contributed by atoms with Gasteiger partial charge in [0.05, 0.1) is 6.61 Å². The normalized spacial score (nSPS) is 14.2. The van der Waals surface area contributed by atoms with Crippen LogP contribution >= 0.6 is 0 Å². The molecule has 1 aliphatic rings. The zero-order valence-corrected chi connectivity index (χ0v) is 20.1. The number of unbranched alkanes of at least 4 members (excludes halogenated alkanes) is 1. The molecule has 9 nitrogen and oxygen atoms in total. The number of carboxylic acid groups (broad SMARTS) is 1. The van der Waals surface area contributed by atoms with Crippen molar-refractivity contribution >= 4 is 17.6 Å². The molecular formula is C24H33F3N6O3. The number of pyridine rings is 1. The Balaban J connectivity index is 1.49. The number of aliphatic carboxylic acids is 1. The van der Waals surface area contributed by atoms with Crippen molar-refractivity contribution in [3.05, 3.63) is 42.0 Å². The second kappa shape index (κ2) is 13.9. The minimum atomic E-state index is -4.38. The summed E-state index contributed by atoms with van der Waals surface area (Å²) in [5, 5.41) is 15.8. The van der Waals surface area contributed by atoms with Gasteiger partial charge in [0.25, 0.3) is 0 Å². The molecule has 3 heterocycles. The molecule has 12 heteroatoms. The number of anilines is 2. The molecule has 1 unspecified atom stereocenters. The molecule has 0 amide bonds. The van der Waals surface area contributed by atoms with E-state index in [-0.39, 0.29) is 19.6 Å². The lowest BCUT2D eigenvalue weighted by Gasteiger charge is -2.24. The highest BCUT2D eigenvalue weighted by Crippen LogP contribution is 2.20. The molecule has 36 heavy (non-hydrogen) atoms. The molecule has 0 aliphatic carbocycles. The summed E-state index contributed by atoms with van der Waals surface area (Å²) in [4.78, 5) is 26.2. The Hall–Kier alpha value is -2.99. The molecule has 2 aromatic rings. The smallest absolute Gasteiger partial charge is 0.411 e. The Bertz CT molecular complexity index is 948. The average molecular weight is 511 g/mol. The fraction of sp³-hybridized carbons (Fsp3) is 0.583. The van der Waals surface area contributed by atoms with E-state index in [1.165, 1.54) is 18.1 Å². The van der Waals surface area contributed by atoms with E-state index in [0.29, 0.717) is 18.9 Å². The summed E-state index contributed by atoms with van der Waals surface area (Å²) in [5.41, 5.74) is 2.24. The van der Waals surface area contributed by atoms with Crippen LogP contribution in [0.3, 0.4) is 0 Å². The highest BCUT2D eigenvalue weighted by Gasteiger charge is 2.27. The number of ether oxygens (including phenoxy) is 1. The van der Waals surface area contributed by atoms with Crippen LogP contribution < -0.4 is 10.6 Å². The number of nitrogens with zero attached hydrogens (tertiary/aromatic N) is 4. The van der Waals surface area contributed by atoms with Crippen LogP contribution in [0.15, 0.2) is 30.7 Å². The highest BCUT2D eigenvalue weighted by atomic mass is 19.4. The van der Waals surface area contributed by atoms with Crippen LogP contribution in [0.25, 0.3) is 0 Å². The molecule has 0 spiro atoms. The first-order chi connectivity index (χ1) is 17.3. The fourth-order valence-electron chi connectivity index (χ4n) is 3.99. The van der Waals surface area contributed by atoms with Crippen LogP contribution in [-0.4, -0.2) is 82.5 Å². The fourth-order valence-corrected chi connectivity index (χ4v) is 3.99. The van der Waals surface area contributed by atoms with Crippen molar-refractivity contribution in [2.75, 3.05) is 50.0 Å². The van der Waals surface area contributed by atoms with Gasteiger partial charge in [0, 0.05) is 31.5 Å². The van der Waals surface area contributed by atoms with Crippen LogP contribution in [-0.2, 0) is 22.4 Å². The van der Waals surface area contributed by atoms with Crippen LogP contribution in [0.4, 0.5) is 24.8 Å². The number of carbonyl (C=O) groups is 1. The van der Waals surface area contributed by atoms with Crippen molar-refractivity contribution < 1.29 is 27.8 Å². The van der Waals surface area contributed by atoms with Crippen LogP contribution in [0.5, 0.6) is 0 Å². The molecule has 1 aliphatic heterocycles. The Morgan fingerprint density at radius 1 is 1.22 bits per heavy atom. The molecule has 0 bridgehead atoms. The number of rotatable bonds is 15. The zero-order chi connectivity index (χ0) is 25.8. The predicted octanol–water partition coefficient (Wildman–Crippen LogP) is 3.39. The molecule has 198 valence electrons. The van der Waals surface area contributed by atoms with Crippen molar-refractivity contribution in [1.29, 1.82) is 0 Å².